The van der Waals surface area contributed by atoms with Crippen molar-refractivity contribution < 1.29 is 4.79 Å². The third-order valence-electron chi connectivity index (χ3n) is 3.47. The molecule has 0 bridgehead atoms. The van der Waals surface area contributed by atoms with Crippen LogP contribution in [0.25, 0.3) is 0 Å². The smallest absolute Gasteiger partial charge is 0.220 e. The fourth-order valence-corrected chi connectivity index (χ4v) is 2.07. The Morgan fingerprint density at radius 1 is 1.28 bits per heavy atom. The molecule has 100 valence electrons. The summed E-state index contributed by atoms with van der Waals surface area (Å²) in [5.41, 5.74) is 7.12. The fourth-order valence-electron chi connectivity index (χ4n) is 2.07. The number of halogens is 1. The van der Waals surface area contributed by atoms with E-state index < -0.39 is 0 Å². The molecule has 0 aliphatic heterocycles. The number of nitrogens with one attached hydrogen (secondary N) is 1. The Morgan fingerprint density at radius 2 is 1.94 bits per heavy atom. The summed E-state index contributed by atoms with van der Waals surface area (Å²) in [7, 11) is 0. The molecule has 1 aromatic carbocycles. The predicted molar refractivity (Wildman–Crippen MR) is 75.8 cm³/mol. The number of benzene rings is 1. The van der Waals surface area contributed by atoms with Crippen molar-refractivity contribution in [2.75, 3.05) is 6.54 Å². The average Bonchev–Trinajstić information content (AvgIpc) is 2.33. The highest BCUT2D eigenvalue weighted by molar-refractivity contribution is 5.85. The molecule has 18 heavy (non-hydrogen) atoms. The summed E-state index contributed by atoms with van der Waals surface area (Å²) in [6.45, 7) is 0.626. The van der Waals surface area contributed by atoms with Crippen molar-refractivity contribution in [2.45, 2.75) is 37.6 Å². The molecule has 1 aromatic rings. The van der Waals surface area contributed by atoms with Crippen LogP contribution < -0.4 is 11.1 Å². The van der Waals surface area contributed by atoms with Gasteiger partial charge >= 0.3 is 0 Å². The Bertz CT molecular complexity index is 377. The van der Waals surface area contributed by atoms with Gasteiger partial charge in [-0.25, -0.2) is 0 Å². The van der Waals surface area contributed by atoms with Crippen LogP contribution >= 0.6 is 12.4 Å². The van der Waals surface area contributed by atoms with E-state index in [1.54, 1.807) is 0 Å². The van der Waals surface area contributed by atoms with E-state index >= 15 is 0 Å². The Morgan fingerprint density at radius 3 is 2.50 bits per heavy atom. The van der Waals surface area contributed by atoms with Crippen molar-refractivity contribution in [3.8, 4) is 0 Å². The van der Waals surface area contributed by atoms with Gasteiger partial charge in [-0.1, -0.05) is 30.3 Å². The topological polar surface area (TPSA) is 55.1 Å². The van der Waals surface area contributed by atoms with E-state index in [2.05, 4.69) is 5.32 Å². The molecular weight excluding hydrogens is 248 g/mol. The minimum absolute atomic E-state index is 0. The van der Waals surface area contributed by atoms with Crippen LogP contribution in [0.15, 0.2) is 30.3 Å². The first kappa shape index (κ1) is 15.0. The van der Waals surface area contributed by atoms with Gasteiger partial charge in [0.1, 0.15) is 0 Å². The van der Waals surface area contributed by atoms with Gasteiger partial charge in [-0.2, -0.15) is 0 Å². The largest absolute Gasteiger partial charge is 0.354 e. The van der Waals surface area contributed by atoms with Crippen LogP contribution in [0.3, 0.4) is 0 Å². The summed E-state index contributed by atoms with van der Waals surface area (Å²) in [6, 6.07) is 10.1. The van der Waals surface area contributed by atoms with Gasteiger partial charge in [0, 0.05) is 18.5 Å². The van der Waals surface area contributed by atoms with Gasteiger partial charge in [-0.3, -0.25) is 4.79 Å². The normalized spacial score (nSPS) is 16.3. The van der Waals surface area contributed by atoms with Gasteiger partial charge in [0.15, 0.2) is 0 Å². The number of carbonyl (C=O) groups excluding carboxylic acids is 1. The van der Waals surface area contributed by atoms with Gasteiger partial charge in [0.05, 0.1) is 0 Å². The quantitative estimate of drug-likeness (QED) is 0.859. The highest BCUT2D eigenvalue weighted by atomic mass is 35.5. The lowest BCUT2D eigenvalue weighted by Gasteiger charge is -2.38. The monoisotopic (exact) mass is 268 g/mol. The molecule has 2 rings (SSSR count). The summed E-state index contributed by atoms with van der Waals surface area (Å²) in [5.74, 6) is 0.102. The molecule has 0 radical (unpaired) electrons. The van der Waals surface area contributed by atoms with Crippen LogP contribution in [0.4, 0.5) is 0 Å². The molecule has 0 saturated heterocycles. The van der Waals surface area contributed by atoms with Crippen LogP contribution in [-0.2, 0) is 11.2 Å². The van der Waals surface area contributed by atoms with Crippen molar-refractivity contribution in [1.82, 2.24) is 5.32 Å². The molecule has 3 N–H and O–H groups in total. The van der Waals surface area contributed by atoms with Gasteiger partial charge in [0.2, 0.25) is 5.91 Å². The van der Waals surface area contributed by atoms with E-state index in [-0.39, 0.29) is 23.9 Å². The fraction of sp³-hybridized carbons (Fsp3) is 0.500. The molecule has 0 unspecified atom stereocenters. The van der Waals surface area contributed by atoms with Gasteiger partial charge in [-0.15, -0.1) is 12.4 Å². The standard InChI is InChI=1S/C14H20N2O.ClH/c15-14(9-4-10-14)11-16-13(17)8-7-12-5-2-1-3-6-12;/h1-3,5-6H,4,7-11,15H2,(H,16,17);1H. The second-order valence-corrected chi connectivity index (χ2v) is 4.98. The van der Waals surface area contributed by atoms with Gasteiger partial charge in [0.25, 0.3) is 0 Å². The van der Waals surface area contributed by atoms with E-state index in [1.165, 1.54) is 12.0 Å². The second-order valence-electron chi connectivity index (χ2n) is 4.98. The molecule has 0 spiro atoms. The zero-order chi connectivity index (χ0) is 12.1. The number of hydrogen-bond donors (Lipinski definition) is 2. The molecule has 4 heteroatoms. The Balaban J connectivity index is 0.00000162. The van der Waals surface area contributed by atoms with Crippen molar-refractivity contribution >= 4 is 18.3 Å². The summed E-state index contributed by atoms with van der Waals surface area (Å²) in [5, 5.41) is 2.93. The number of nitrogens with two attached hydrogens (primary N) is 1. The van der Waals surface area contributed by atoms with E-state index in [0.717, 1.165) is 19.3 Å². The highest BCUT2D eigenvalue weighted by Gasteiger charge is 2.32. The lowest BCUT2D eigenvalue weighted by molar-refractivity contribution is -0.121. The van der Waals surface area contributed by atoms with Gasteiger partial charge < -0.3 is 11.1 Å². The summed E-state index contributed by atoms with van der Waals surface area (Å²) >= 11 is 0. The molecule has 0 atom stereocenters. The molecule has 1 saturated carbocycles. The molecule has 3 nitrogen and oxygen atoms in total. The molecule has 0 heterocycles. The molecule has 1 amide bonds. The summed E-state index contributed by atoms with van der Waals surface area (Å²) in [6.07, 6.45) is 4.60. The van der Waals surface area contributed by atoms with Crippen molar-refractivity contribution in [2.24, 2.45) is 5.73 Å². The van der Waals surface area contributed by atoms with Crippen molar-refractivity contribution in [3.05, 3.63) is 35.9 Å². The predicted octanol–water partition coefficient (Wildman–Crippen LogP) is 2.04. The Labute approximate surface area is 115 Å². The summed E-state index contributed by atoms with van der Waals surface area (Å²) < 4.78 is 0. The summed E-state index contributed by atoms with van der Waals surface area (Å²) in [4.78, 5) is 11.6. The minimum atomic E-state index is -0.123. The van der Waals surface area contributed by atoms with Crippen LogP contribution in [-0.4, -0.2) is 18.0 Å². The maximum Gasteiger partial charge on any atom is 0.220 e. The SMILES string of the molecule is Cl.NC1(CNC(=O)CCc2ccccc2)CCC1. The van der Waals surface area contributed by atoms with Crippen LogP contribution in [0.1, 0.15) is 31.2 Å². The number of amides is 1. The Kier molecular flexibility index (Phi) is 5.63. The molecule has 1 fully saturated rings. The molecular formula is C14H21ClN2O. The third-order valence-corrected chi connectivity index (χ3v) is 3.47. The third kappa shape index (κ3) is 4.31. The minimum Gasteiger partial charge on any atom is -0.354 e. The highest BCUT2D eigenvalue weighted by Crippen LogP contribution is 2.27. The Hall–Kier alpha value is -1.06. The number of rotatable bonds is 5. The zero-order valence-corrected chi connectivity index (χ0v) is 11.3. The van der Waals surface area contributed by atoms with Crippen molar-refractivity contribution in [1.29, 1.82) is 0 Å². The van der Waals surface area contributed by atoms with Crippen LogP contribution in [0.5, 0.6) is 0 Å². The maximum absolute atomic E-state index is 11.6. The second kappa shape index (κ2) is 6.76. The molecule has 1 aliphatic carbocycles. The van der Waals surface area contributed by atoms with E-state index in [9.17, 15) is 4.79 Å². The zero-order valence-electron chi connectivity index (χ0n) is 10.5. The first-order valence-electron chi connectivity index (χ1n) is 6.27. The van der Waals surface area contributed by atoms with E-state index in [4.69, 9.17) is 5.73 Å². The molecule has 1 aliphatic rings. The van der Waals surface area contributed by atoms with Crippen molar-refractivity contribution in [3.63, 3.8) is 0 Å². The number of carbonyl (C=O) groups is 1. The van der Waals surface area contributed by atoms with E-state index in [0.29, 0.717) is 13.0 Å². The lowest BCUT2D eigenvalue weighted by Crippen LogP contribution is -2.54. The van der Waals surface area contributed by atoms with E-state index in [1.807, 2.05) is 30.3 Å². The van der Waals surface area contributed by atoms with Crippen LogP contribution in [0.2, 0.25) is 0 Å². The molecule has 0 aromatic heterocycles. The lowest BCUT2D eigenvalue weighted by atomic mass is 9.78. The maximum atomic E-state index is 11.6. The number of hydrogen-bond acceptors (Lipinski definition) is 2. The van der Waals surface area contributed by atoms with Gasteiger partial charge in [-0.05, 0) is 31.2 Å². The first-order chi connectivity index (χ1) is 8.18. The first-order valence-corrected chi connectivity index (χ1v) is 6.27. The number of aryl methyl sites for hydroxylation is 1. The average molecular weight is 269 g/mol. The van der Waals surface area contributed by atoms with Crippen LogP contribution in [0, 0.1) is 0 Å².